The molecule has 0 saturated carbocycles. The summed E-state index contributed by atoms with van der Waals surface area (Å²) < 4.78 is 7.19. The summed E-state index contributed by atoms with van der Waals surface area (Å²) in [6.07, 6.45) is 1.65. The molecule has 1 N–H and O–H groups in total. The van der Waals surface area contributed by atoms with E-state index in [2.05, 4.69) is 24.1 Å². The zero-order valence-electron chi connectivity index (χ0n) is 19.3. The molecule has 0 radical (unpaired) electrons. The van der Waals surface area contributed by atoms with Gasteiger partial charge in [0.25, 0.3) is 5.56 Å². The lowest BCUT2D eigenvalue weighted by atomic mass is 10.2. The number of para-hydroxylation sites is 2. The van der Waals surface area contributed by atoms with Crippen LogP contribution in [-0.4, -0.2) is 45.7 Å². The largest absolute Gasteiger partial charge is 0.468 e. The Balaban J connectivity index is 1.53. The van der Waals surface area contributed by atoms with Gasteiger partial charge in [-0.1, -0.05) is 55.9 Å². The van der Waals surface area contributed by atoms with E-state index in [0.29, 0.717) is 28.3 Å². The highest BCUT2D eigenvalue weighted by atomic mass is 32.2. The Labute approximate surface area is 202 Å². The quantitative estimate of drug-likeness (QED) is 0.272. The van der Waals surface area contributed by atoms with E-state index in [1.807, 2.05) is 60.7 Å². The molecule has 0 aliphatic rings. The standard InChI is InChI=1S/C26H28N4O3S/c1-3-29(4-2)22(23-15-10-16-33-23)17-27-24(31)18-34-26-28-21-14-9-8-13-20(21)25(32)30(26)19-11-6-5-7-12-19/h5-16,22H,3-4,17-18H2,1-2H3,(H,27,31). The molecule has 2 aromatic carbocycles. The molecular weight excluding hydrogens is 448 g/mol. The van der Waals surface area contributed by atoms with Crippen LogP contribution in [0.5, 0.6) is 0 Å². The van der Waals surface area contributed by atoms with E-state index in [-0.39, 0.29) is 23.3 Å². The highest BCUT2D eigenvalue weighted by Gasteiger charge is 2.22. The summed E-state index contributed by atoms with van der Waals surface area (Å²) in [5.41, 5.74) is 1.18. The lowest BCUT2D eigenvalue weighted by Gasteiger charge is -2.28. The fourth-order valence-electron chi connectivity index (χ4n) is 3.96. The summed E-state index contributed by atoms with van der Waals surface area (Å²) in [7, 11) is 0. The Bertz CT molecular complexity index is 1280. The molecule has 0 aliphatic carbocycles. The van der Waals surface area contributed by atoms with Crippen LogP contribution in [0.15, 0.2) is 87.4 Å². The first-order valence-electron chi connectivity index (χ1n) is 11.4. The van der Waals surface area contributed by atoms with Crippen LogP contribution in [0.3, 0.4) is 0 Å². The van der Waals surface area contributed by atoms with Crippen LogP contribution in [0.2, 0.25) is 0 Å². The number of benzene rings is 2. The molecule has 1 atom stereocenters. The molecule has 0 bridgehead atoms. The molecular formula is C26H28N4O3S. The molecule has 0 aliphatic heterocycles. The fraction of sp³-hybridized carbons (Fsp3) is 0.269. The molecule has 176 valence electrons. The van der Waals surface area contributed by atoms with Crippen LogP contribution in [-0.2, 0) is 4.79 Å². The van der Waals surface area contributed by atoms with Gasteiger partial charge in [0.15, 0.2) is 5.16 Å². The van der Waals surface area contributed by atoms with Crippen molar-refractivity contribution in [1.82, 2.24) is 19.8 Å². The van der Waals surface area contributed by atoms with Crippen molar-refractivity contribution >= 4 is 28.6 Å². The van der Waals surface area contributed by atoms with Crippen LogP contribution in [0.1, 0.15) is 25.6 Å². The zero-order valence-corrected chi connectivity index (χ0v) is 20.1. The molecule has 1 unspecified atom stereocenters. The Hall–Kier alpha value is -3.36. The molecule has 0 spiro atoms. The van der Waals surface area contributed by atoms with Gasteiger partial charge in [0.05, 0.1) is 34.6 Å². The van der Waals surface area contributed by atoms with Crippen molar-refractivity contribution in [2.45, 2.75) is 25.0 Å². The third-order valence-electron chi connectivity index (χ3n) is 5.71. The van der Waals surface area contributed by atoms with Gasteiger partial charge in [-0.15, -0.1) is 0 Å². The number of likely N-dealkylation sites (N-methyl/N-ethyl adjacent to an activating group) is 1. The maximum absolute atomic E-state index is 13.3. The first-order valence-corrected chi connectivity index (χ1v) is 12.3. The summed E-state index contributed by atoms with van der Waals surface area (Å²) in [5, 5.41) is 4.05. The number of nitrogens with zero attached hydrogens (tertiary/aromatic N) is 3. The normalized spacial score (nSPS) is 12.2. The lowest BCUT2D eigenvalue weighted by Crippen LogP contribution is -2.38. The smallest absolute Gasteiger partial charge is 0.266 e. The minimum atomic E-state index is -0.154. The number of amides is 1. The third kappa shape index (κ3) is 5.24. The Morgan fingerprint density at radius 3 is 2.50 bits per heavy atom. The minimum absolute atomic E-state index is 0.0414. The van der Waals surface area contributed by atoms with Gasteiger partial charge in [0.1, 0.15) is 5.76 Å². The van der Waals surface area contributed by atoms with E-state index < -0.39 is 0 Å². The van der Waals surface area contributed by atoms with Gasteiger partial charge in [-0.25, -0.2) is 4.98 Å². The topological polar surface area (TPSA) is 80.4 Å². The predicted molar refractivity (Wildman–Crippen MR) is 135 cm³/mol. The van der Waals surface area contributed by atoms with Gasteiger partial charge in [-0.2, -0.15) is 0 Å². The van der Waals surface area contributed by atoms with Gasteiger partial charge in [-0.05, 0) is 49.5 Å². The average Bonchev–Trinajstić information content (AvgIpc) is 3.40. The van der Waals surface area contributed by atoms with Crippen LogP contribution < -0.4 is 10.9 Å². The van der Waals surface area contributed by atoms with E-state index in [1.54, 1.807) is 16.9 Å². The van der Waals surface area contributed by atoms with E-state index in [0.717, 1.165) is 18.8 Å². The van der Waals surface area contributed by atoms with E-state index in [9.17, 15) is 9.59 Å². The second kappa shape index (κ2) is 11.2. The molecule has 0 saturated heterocycles. The van der Waals surface area contributed by atoms with E-state index in [4.69, 9.17) is 9.40 Å². The van der Waals surface area contributed by atoms with Crippen molar-refractivity contribution in [2.24, 2.45) is 0 Å². The van der Waals surface area contributed by atoms with Crippen LogP contribution >= 0.6 is 11.8 Å². The van der Waals surface area contributed by atoms with Crippen molar-refractivity contribution < 1.29 is 9.21 Å². The number of carbonyl (C=O) groups is 1. The first kappa shape index (κ1) is 23.8. The molecule has 2 heterocycles. The van der Waals surface area contributed by atoms with Gasteiger partial charge in [-0.3, -0.25) is 19.1 Å². The first-order chi connectivity index (χ1) is 16.6. The molecule has 8 heteroatoms. The number of furan rings is 1. The van der Waals surface area contributed by atoms with Crippen LogP contribution in [0, 0.1) is 0 Å². The Kier molecular flexibility index (Phi) is 7.82. The van der Waals surface area contributed by atoms with Crippen molar-refractivity contribution in [3.05, 3.63) is 89.1 Å². The molecule has 0 fully saturated rings. The van der Waals surface area contributed by atoms with Crippen molar-refractivity contribution in [3.63, 3.8) is 0 Å². The number of thioether (sulfide) groups is 1. The minimum Gasteiger partial charge on any atom is -0.468 e. The second-order valence-electron chi connectivity index (χ2n) is 7.73. The SMILES string of the molecule is CCN(CC)C(CNC(=O)CSc1nc2ccccc2c(=O)n1-c1ccccc1)c1ccco1. The number of carbonyl (C=O) groups excluding carboxylic acids is 1. The number of hydrogen-bond donors (Lipinski definition) is 1. The highest BCUT2D eigenvalue weighted by Crippen LogP contribution is 2.22. The zero-order chi connectivity index (χ0) is 23.9. The Morgan fingerprint density at radius 1 is 1.06 bits per heavy atom. The third-order valence-corrected chi connectivity index (χ3v) is 6.65. The number of fused-ring (bicyclic) bond motifs is 1. The predicted octanol–water partition coefficient (Wildman–Crippen LogP) is 4.27. The van der Waals surface area contributed by atoms with Gasteiger partial charge >= 0.3 is 0 Å². The molecule has 1 amide bonds. The lowest BCUT2D eigenvalue weighted by molar-refractivity contribution is -0.118. The van der Waals surface area contributed by atoms with Gasteiger partial charge in [0, 0.05) is 6.54 Å². The van der Waals surface area contributed by atoms with E-state index >= 15 is 0 Å². The van der Waals surface area contributed by atoms with Crippen molar-refractivity contribution in [2.75, 3.05) is 25.4 Å². The monoisotopic (exact) mass is 476 g/mol. The summed E-state index contributed by atoms with van der Waals surface area (Å²) in [6, 6.07) is 20.4. The average molecular weight is 477 g/mol. The highest BCUT2D eigenvalue weighted by molar-refractivity contribution is 7.99. The number of nitrogens with one attached hydrogen (secondary N) is 1. The maximum Gasteiger partial charge on any atom is 0.266 e. The Morgan fingerprint density at radius 2 is 1.79 bits per heavy atom. The molecule has 4 rings (SSSR count). The van der Waals surface area contributed by atoms with Crippen molar-refractivity contribution in [1.29, 1.82) is 0 Å². The van der Waals surface area contributed by atoms with Crippen LogP contribution in [0.25, 0.3) is 16.6 Å². The second-order valence-corrected chi connectivity index (χ2v) is 8.68. The van der Waals surface area contributed by atoms with E-state index in [1.165, 1.54) is 11.8 Å². The summed E-state index contributed by atoms with van der Waals surface area (Å²) in [4.78, 5) is 33.0. The maximum atomic E-state index is 13.3. The molecule has 4 aromatic rings. The summed E-state index contributed by atoms with van der Waals surface area (Å²) in [6.45, 7) is 6.30. The fourth-order valence-corrected chi connectivity index (χ4v) is 4.80. The van der Waals surface area contributed by atoms with Gasteiger partial charge < -0.3 is 9.73 Å². The number of aromatic nitrogens is 2. The summed E-state index contributed by atoms with van der Waals surface area (Å²) in [5.74, 6) is 0.835. The molecule has 7 nitrogen and oxygen atoms in total. The van der Waals surface area contributed by atoms with Crippen LogP contribution in [0.4, 0.5) is 0 Å². The number of hydrogen-bond acceptors (Lipinski definition) is 6. The number of rotatable bonds is 10. The molecule has 34 heavy (non-hydrogen) atoms. The van der Waals surface area contributed by atoms with Crippen molar-refractivity contribution in [3.8, 4) is 5.69 Å². The summed E-state index contributed by atoms with van der Waals surface area (Å²) >= 11 is 1.25. The van der Waals surface area contributed by atoms with Gasteiger partial charge in [0.2, 0.25) is 5.91 Å². The molecule has 2 aromatic heterocycles.